The number of halogens is 6. The number of hydrogen-bond donors (Lipinski definition) is 0. The molecule has 0 aliphatic carbocycles. The lowest BCUT2D eigenvalue weighted by molar-refractivity contribution is -0.143. The predicted octanol–water partition coefficient (Wildman–Crippen LogP) is 5.24. The maximum atomic E-state index is 12.9. The van der Waals surface area contributed by atoms with E-state index in [0.717, 1.165) is 23.3 Å². The van der Waals surface area contributed by atoms with Gasteiger partial charge in [0.1, 0.15) is 0 Å². The molecule has 0 radical (unpaired) electrons. The summed E-state index contributed by atoms with van der Waals surface area (Å²) in [5, 5.41) is 0. The Morgan fingerprint density at radius 1 is 0.750 bits per heavy atom. The SMILES string of the molecule is FC(F)(F)c1cc(CN2Cc3ccccc3C2)cc(C(F)(F)F)c1. The average molecular weight is 345 g/mol. The summed E-state index contributed by atoms with van der Waals surface area (Å²) in [6, 6.07) is 9.26. The largest absolute Gasteiger partial charge is 0.416 e. The Balaban J connectivity index is 1.88. The second-order valence-electron chi connectivity index (χ2n) is 5.83. The van der Waals surface area contributed by atoms with Crippen molar-refractivity contribution in [1.29, 1.82) is 0 Å². The Labute approximate surface area is 134 Å². The van der Waals surface area contributed by atoms with Crippen LogP contribution in [0.15, 0.2) is 42.5 Å². The van der Waals surface area contributed by atoms with Gasteiger partial charge in [0, 0.05) is 19.6 Å². The van der Waals surface area contributed by atoms with Crippen LogP contribution in [0.1, 0.15) is 27.8 Å². The molecule has 0 saturated heterocycles. The summed E-state index contributed by atoms with van der Waals surface area (Å²) in [5.41, 5.74) is -0.459. The minimum Gasteiger partial charge on any atom is -0.291 e. The number of rotatable bonds is 2. The molecule has 0 spiro atoms. The summed E-state index contributed by atoms with van der Waals surface area (Å²) in [6.45, 7) is 1.04. The molecule has 2 aromatic carbocycles. The van der Waals surface area contributed by atoms with E-state index in [4.69, 9.17) is 0 Å². The van der Waals surface area contributed by atoms with E-state index in [0.29, 0.717) is 13.1 Å². The minimum atomic E-state index is -4.82. The summed E-state index contributed by atoms with van der Waals surface area (Å²) in [6.07, 6.45) is -9.63. The van der Waals surface area contributed by atoms with Crippen molar-refractivity contribution < 1.29 is 26.3 Å². The summed E-state index contributed by atoms with van der Waals surface area (Å²) < 4.78 is 77.3. The monoisotopic (exact) mass is 345 g/mol. The van der Waals surface area contributed by atoms with E-state index in [-0.39, 0.29) is 18.2 Å². The zero-order valence-corrected chi connectivity index (χ0v) is 12.4. The first kappa shape index (κ1) is 16.8. The summed E-state index contributed by atoms with van der Waals surface area (Å²) in [5.74, 6) is 0. The molecule has 0 bridgehead atoms. The molecule has 0 aromatic heterocycles. The lowest BCUT2D eigenvalue weighted by Crippen LogP contribution is -2.18. The summed E-state index contributed by atoms with van der Waals surface area (Å²) >= 11 is 0. The third kappa shape index (κ3) is 3.56. The van der Waals surface area contributed by atoms with E-state index in [1.165, 1.54) is 0 Å². The molecule has 128 valence electrons. The van der Waals surface area contributed by atoms with E-state index >= 15 is 0 Å². The Hall–Kier alpha value is -2.02. The Kier molecular flexibility index (Phi) is 4.07. The highest BCUT2D eigenvalue weighted by Crippen LogP contribution is 2.37. The fraction of sp³-hybridized carbons (Fsp3) is 0.294. The second-order valence-corrected chi connectivity index (χ2v) is 5.83. The van der Waals surface area contributed by atoms with Gasteiger partial charge >= 0.3 is 12.4 Å². The lowest BCUT2D eigenvalue weighted by Gasteiger charge is -2.18. The van der Waals surface area contributed by atoms with Crippen molar-refractivity contribution in [3.63, 3.8) is 0 Å². The van der Waals surface area contributed by atoms with Crippen LogP contribution in [-0.2, 0) is 32.0 Å². The average Bonchev–Trinajstić information content (AvgIpc) is 2.87. The molecule has 1 heterocycles. The van der Waals surface area contributed by atoms with Crippen molar-refractivity contribution in [2.75, 3.05) is 0 Å². The van der Waals surface area contributed by atoms with Gasteiger partial charge in [0.05, 0.1) is 11.1 Å². The van der Waals surface area contributed by atoms with Crippen LogP contribution in [0.2, 0.25) is 0 Å². The molecule has 0 fully saturated rings. The van der Waals surface area contributed by atoms with Crippen LogP contribution < -0.4 is 0 Å². The van der Waals surface area contributed by atoms with Gasteiger partial charge in [0.15, 0.2) is 0 Å². The van der Waals surface area contributed by atoms with Crippen LogP contribution in [0.5, 0.6) is 0 Å². The molecule has 3 rings (SSSR count). The molecular formula is C17H13F6N. The molecule has 0 unspecified atom stereocenters. The minimum absolute atomic E-state index is 0.00459. The van der Waals surface area contributed by atoms with Crippen LogP contribution in [-0.4, -0.2) is 4.90 Å². The molecule has 24 heavy (non-hydrogen) atoms. The van der Waals surface area contributed by atoms with Gasteiger partial charge in [-0.15, -0.1) is 0 Å². The number of fused-ring (bicyclic) bond motifs is 1. The van der Waals surface area contributed by atoms with Crippen molar-refractivity contribution in [2.24, 2.45) is 0 Å². The quantitative estimate of drug-likeness (QED) is 0.673. The van der Waals surface area contributed by atoms with Gasteiger partial charge in [-0.05, 0) is 34.9 Å². The van der Waals surface area contributed by atoms with Gasteiger partial charge in [-0.25, -0.2) is 0 Å². The molecule has 0 amide bonds. The highest BCUT2D eigenvalue weighted by atomic mass is 19.4. The third-order valence-corrected chi connectivity index (χ3v) is 3.96. The van der Waals surface area contributed by atoms with Gasteiger partial charge in [-0.2, -0.15) is 26.3 Å². The smallest absolute Gasteiger partial charge is 0.291 e. The summed E-state index contributed by atoms with van der Waals surface area (Å²) in [4.78, 5) is 1.82. The number of benzene rings is 2. The van der Waals surface area contributed by atoms with Crippen molar-refractivity contribution >= 4 is 0 Å². The number of alkyl halides is 6. The molecule has 1 aliphatic heterocycles. The zero-order chi connectivity index (χ0) is 17.5. The summed E-state index contributed by atoms with van der Waals surface area (Å²) in [7, 11) is 0. The van der Waals surface area contributed by atoms with E-state index < -0.39 is 23.5 Å². The van der Waals surface area contributed by atoms with Crippen molar-refractivity contribution in [3.8, 4) is 0 Å². The van der Waals surface area contributed by atoms with E-state index in [1.807, 2.05) is 29.2 Å². The van der Waals surface area contributed by atoms with Crippen LogP contribution >= 0.6 is 0 Å². The molecular weight excluding hydrogens is 332 g/mol. The molecule has 1 nitrogen and oxygen atoms in total. The van der Waals surface area contributed by atoms with E-state index in [1.54, 1.807) is 0 Å². The van der Waals surface area contributed by atoms with Gasteiger partial charge in [0.25, 0.3) is 0 Å². The molecule has 0 saturated carbocycles. The zero-order valence-electron chi connectivity index (χ0n) is 12.4. The highest BCUT2D eigenvalue weighted by molar-refractivity contribution is 5.35. The lowest BCUT2D eigenvalue weighted by atomic mass is 10.0. The van der Waals surface area contributed by atoms with E-state index in [2.05, 4.69) is 0 Å². The van der Waals surface area contributed by atoms with Crippen molar-refractivity contribution in [2.45, 2.75) is 32.0 Å². The first-order chi connectivity index (χ1) is 11.1. The molecule has 2 aromatic rings. The third-order valence-electron chi connectivity index (χ3n) is 3.96. The Morgan fingerprint density at radius 3 is 1.62 bits per heavy atom. The predicted molar refractivity (Wildman–Crippen MR) is 75.8 cm³/mol. The second kappa shape index (κ2) is 5.81. The van der Waals surface area contributed by atoms with Gasteiger partial charge < -0.3 is 0 Å². The number of nitrogens with zero attached hydrogens (tertiary/aromatic N) is 1. The van der Waals surface area contributed by atoms with Crippen molar-refractivity contribution in [1.82, 2.24) is 4.90 Å². The Morgan fingerprint density at radius 2 is 1.21 bits per heavy atom. The molecule has 0 N–H and O–H groups in total. The topological polar surface area (TPSA) is 3.24 Å². The maximum absolute atomic E-state index is 12.9. The van der Waals surface area contributed by atoms with Crippen LogP contribution in [0, 0.1) is 0 Å². The highest BCUT2D eigenvalue weighted by Gasteiger charge is 2.37. The standard InChI is InChI=1S/C17H13F6N/c18-16(19,20)14-5-11(6-15(7-14)17(21,22)23)8-24-9-12-3-1-2-4-13(12)10-24/h1-7H,8-10H2. The van der Waals surface area contributed by atoms with Crippen LogP contribution in [0.25, 0.3) is 0 Å². The molecule has 7 heteroatoms. The molecule has 0 atom stereocenters. The van der Waals surface area contributed by atoms with Crippen molar-refractivity contribution in [3.05, 3.63) is 70.3 Å². The van der Waals surface area contributed by atoms with Gasteiger partial charge in [-0.1, -0.05) is 24.3 Å². The van der Waals surface area contributed by atoms with Gasteiger partial charge in [-0.3, -0.25) is 4.90 Å². The van der Waals surface area contributed by atoms with Crippen LogP contribution in [0.4, 0.5) is 26.3 Å². The first-order valence-corrected chi connectivity index (χ1v) is 7.20. The fourth-order valence-corrected chi connectivity index (χ4v) is 2.88. The number of hydrogen-bond acceptors (Lipinski definition) is 1. The van der Waals surface area contributed by atoms with Gasteiger partial charge in [0.2, 0.25) is 0 Å². The maximum Gasteiger partial charge on any atom is 0.416 e. The Bertz CT molecular complexity index is 690. The first-order valence-electron chi connectivity index (χ1n) is 7.20. The normalized spacial score (nSPS) is 15.6. The fourth-order valence-electron chi connectivity index (χ4n) is 2.88. The van der Waals surface area contributed by atoms with Crippen LogP contribution in [0.3, 0.4) is 0 Å². The molecule has 1 aliphatic rings. The van der Waals surface area contributed by atoms with E-state index in [9.17, 15) is 26.3 Å².